The van der Waals surface area contributed by atoms with Gasteiger partial charge in [0.15, 0.2) is 0 Å². The molecule has 0 radical (unpaired) electrons. The van der Waals surface area contributed by atoms with Gasteiger partial charge in [0.2, 0.25) is 4.38 Å². The molecule has 1 aliphatic carbocycles. The second-order valence-electron chi connectivity index (χ2n) is 3.45. The van der Waals surface area contributed by atoms with Gasteiger partial charge < -0.3 is 9.47 Å². The monoisotopic (exact) mass is 204 g/mol. The first-order valence-electron chi connectivity index (χ1n) is 4.09. The van der Waals surface area contributed by atoms with E-state index in [1.165, 1.54) is 18.2 Å². The predicted octanol–water partition coefficient (Wildman–Crippen LogP) is 1.83. The van der Waals surface area contributed by atoms with Gasteiger partial charge in [-0.05, 0) is 31.3 Å². The van der Waals surface area contributed by atoms with Crippen LogP contribution in [0.1, 0.15) is 12.8 Å². The standard InChI is InChI=1S/C8H12O2S2/c1-12-7(11)10-6-2-3-8(6)4-9-5-8/h6H,2-5H2,1H3. The lowest BCUT2D eigenvalue weighted by atomic mass is 9.64. The summed E-state index contributed by atoms with van der Waals surface area (Å²) < 4.78 is 11.5. The van der Waals surface area contributed by atoms with E-state index in [2.05, 4.69) is 0 Å². The Hall–Kier alpha value is 0.200. The van der Waals surface area contributed by atoms with E-state index in [-0.39, 0.29) is 0 Å². The lowest BCUT2D eigenvalue weighted by molar-refractivity contribution is -0.215. The molecular weight excluding hydrogens is 192 g/mol. The number of hydrogen-bond acceptors (Lipinski definition) is 4. The highest BCUT2D eigenvalue weighted by Gasteiger charge is 2.54. The molecule has 1 unspecified atom stereocenters. The molecule has 1 aliphatic heterocycles. The van der Waals surface area contributed by atoms with Gasteiger partial charge in [-0.2, -0.15) is 0 Å². The second kappa shape index (κ2) is 3.16. The first kappa shape index (κ1) is 8.78. The fourth-order valence-corrected chi connectivity index (χ4v) is 2.04. The van der Waals surface area contributed by atoms with E-state index in [0.29, 0.717) is 15.9 Å². The Bertz CT molecular complexity index is 196. The Labute approximate surface area is 82.0 Å². The summed E-state index contributed by atoms with van der Waals surface area (Å²) in [6.07, 6.45) is 4.68. The highest BCUT2D eigenvalue weighted by molar-refractivity contribution is 8.22. The average Bonchev–Trinajstić information content (AvgIpc) is 1.94. The van der Waals surface area contributed by atoms with Crippen molar-refractivity contribution in [2.75, 3.05) is 19.5 Å². The fraction of sp³-hybridized carbons (Fsp3) is 0.875. The van der Waals surface area contributed by atoms with Crippen LogP contribution in [0.3, 0.4) is 0 Å². The maximum Gasteiger partial charge on any atom is 0.219 e. The quantitative estimate of drug-likeness (QED) is 0.606. The van der Waals surface area contributed by atoms with Gasteiger partial charge in [0, 0.05) is 0 Å². The van der Waals surface area contributed by atoms with Gasteiger partial charge in [-0.25, -0.2) is 0 Å². The van der Waals surface area contributed by atoms with Crippen molar-refractivity contribution >= 4 is 28.4 Å². The van der Waals surface area contributed by atoms with E-state index in [1.54, 1.807) is 0 Å². The highest BCUT2D eigenvalue weighted by atomic mass is 32.2. The Balaban J connectivity index is 1.85. The molecule has 1 heterocycles. The van der Waals surface area contributed by atoms with Crippen molar-refractivity contribution in [2.24, 2.45) is 5.41 Å². The maximum absolute atomic E-state index is 5.61. The van der Waals surface area contributed by atoms with Crippen molar-refractivity contribution in [2.45, 2.75) is 18.9 Å². The molecule has 0 aromatic carbocycles. The average molecular weight is 204 g/mol. The van der Waals surface area contributed by atoms with Crippen LogP contribution in [0.15, 0.2) is 0 Å². The summed E-state index contributed by atoms with van der Waals surface area (Å²) in [6.45, 7) is 1.74. The van der Waals surface area contributed by atoms with Crippen LogP contribution in [-0.2, 0) is 9.47 Å². The van der Waals surface area contributed by atoms with E-state index >= 15 is 0 Å². The van der Waals surface area contributed by atoms with Crippen LogP contribution < -0.4 is 0 Å². The Morgan fingerprint density at radius 2 is 2.42 bits per heavy atom. The zero-order valence-corrected chi connectivity index (χ0v) is 8.67. The Morgan fingerprint density at radius 3 is 2.75 bits per heavy atom. The molecule has 2 rings (SSSR count). The summed E-state index contributed by atoms with van der Waals surface area (Å²) in [6, 6.07) is 0. The van der Waals surface area contributed by atoms with Crippen molar-refractivity contribution in [1.29, 1.82) is 0 Å². The molecule has 2 aliphatic rings. The normalized spacial score (nSPS) is 30.6. The topological polar surface area (TPSA) is 18.5 Å². The van der Waals surface area contributed by atoms with Gasteiger partial charge in [0.25, 0.3) is 0 Å². The summed E-state index contributed by atoms with van der Waals surface area (Å²) >= 11 is 6.51. The summed E-state index contributed by atoms with van der Waals surface area (Å²) in [5.74, 6) is 0. The van der Waals surface area contributed by atoms with Crippen molar-refractivity contribution in [3.63, 3.8) is 0 Å². The molecular formula is C8H12O2S2. The molecule has 2 nitrogen and oxygen atoms in total. The molecule has 1 spiro atoms. The van der Waals surface area contributed by atoms with Crippen molar-refractivity contribution in [3.05, 3.63) is 0 Å². The predicted molar refractivity (Wildman–Crippen MR) is 53.5 cm³/mol. The van der Waals surface area contributed by atoms with Crippen LogP contribution in [0.4, 0.5) is 0 Å². The number of thiocarbonyl (C=S) groups is 1. The number of hydrogen-bond donors (Lipinski definition) is 0. The summed E-state index contributed by atoms with van der Waals surface area (Å²) in [5.41, 5.74) is 0.347. The Kier molecular flexibility index (Phi) is 2.31. The van der Waals surface area contributed by atoms with Crippen LogP contribution in [0.2, 0.25) is 0 Å². The highest BCUT2D eigenvalue weighted by Crippen LogP contribution is 2.49. The van der Waals surface area contributed by atoms with Crippen molar-refractivity contribution < 1.29 is 9.47 Å². The number of thioether (sulfide) groups is 1. The lowest BCUT2D eigenvalue weighted by Gasteiger charge is -2.53. The van der Waals surface area contributed by atoms with Crippen molar-refractivity contribution in [3.8, 4) is 0 Å². The minimum Gasteiger partial charge on any atom is -0.474 e. The number of ether oxygens (including phenoxy) is 2. The summed E-state index contributed by atoms with van der Waals surface area (Å²) in [4.78, 5) is 0. The van der Waals surface area contributed by atoms with E-state index in [1.807, 2.05) is 6.26 Å². The van der Waals surface area contributed by atoms with Crippen LogP contribution >= 0.6 is 24.0 Å². The molecule has 0 N–H and O–H groups in total. The molecule has 1 saturated carbocycles. The summed E-state index contributed by atoms with van der Waals surface area (Å²) in [5, 5.41) is 0. The smallest absolute Gasteiger partial charge is 0.219 e. The molecule has 1 saturated heterocycles. The van der Waals surface area contributed by atoms with Gasteiger partial charge in [0.05, 0.1) is 18.6 Å². The van der Waals surface area contributed by atoms with Gasteiger partial charge in [-0.15, -0.1) is 0 Å². The first-order chi connectivity index (χ1) is 5.77. The van der Waals surface area contributed by atoms with E-state index in [0.717, 1.165) is 19.6 Å². The van der Waals surface area contributed by atoms with E-state index < -0.39 is 0 Å². The molecule has 68 valence electrons. The molecule has 1 atom stereocenters. The number of rotatable bonds is 1. The lowest BCUT2D eigenvalue weighted by Crippen LogP contribution is -2.59. The molecule has 2 fully saturated rings. The molecule has 4 heteroatoms. The Morgan fingerprint density at radius 1 is 1.67 bits per heavy atom. The minimum atomic E-state index is 0.339. The maximum atomic E-state index is 5.61. The third-order valence-electron chi connectivity index (χ3n) is 2.77. The molecule has 0 aromatic heterocycles. The zero-order valence-electron chi connectivity index (χ0n) is 7.04. The van der Waals surface area contributed by atoms with Gasteiger partial charge in [0.1, 0.15) is 6.10 Å². The first-order valence-corrected chi connectivity index (χ1v) is 5.72. The molecule has 0 bridgehead atoms. The van der Waals surface area contributed by atoms with Crippen LogP contribution in [-0.4, -0.2) is 30.0 Å². The third-order valence-corrected chi connectivity index (χ3v) is 3.80. The van der Waals surface area contributed by atoms with Crippen LogP contribution in [0.5, 0.6) is 0 Å². The third kappa shape index (κ3) is 1.26. The van der Waals surface area contributed by atoms with Gasteiger partial charge in [-0.3, -0.25) is 0 Å². The van der Waals surface area contributed by atoms with E-state index in [9.17, 15) is 0 Å². The van der Waals surface area contributed by atoms with Gasteiger partial charge >= 0.3 is 0 Å². The van der Waals surface area contributed by atoms with Crippen LogP contribution in [0, 0.1) is 5.41 Å². The second-order valence-corrected chi connectivity index (χ2v) is 4.86. The van der Waals surface area contributed by atoms with Crippen LogP contribution in [0.25, 0.3) is 0 Å². The largest absolute Gasteiger partial charge is 0.474 e. The SMILES string of the molecule is CSC(=S)OC1CCC12COC2. The molecule has 0 amide bonds. The van der Waals surface area contributed by atoms with E-state index in [4.69, 9.17) is 21.7 Å². The minimum absolute atomic E-state index is 0.339. The fourth-order valence-electron chi connectivity index (χ4n) is 1.71. The zero-order chi connectivity index (χ0) is 8.60. The van der Waals surface area contributed by atoms with Gasteiger partial charge in [-0.1, -0.05) is 11.8 Å². The summed E-state index contributed by atoms with van der Waals surface area (Å²) in [7, 11) is 0. The molecule has 12 heavy (non-hydrogen) atoms. The van der Waals surface area contributed by atoms with Crippen molar-refractivity contribution in [1.82, 2.24) is 0 Å². The molecule has 0 aromatic rings.